The van der Waals surface area contributed by atoms with Gasteiger partial charge in [0.2, 0.25) is 5.91 Å². The number of nitrogens with two attached hydrogens (primary N) is 1. The van der Waals surface area contributed by atoms with Crippen LogP contribution in [0.3, 0.4) is 0 Å². The maximum absolute atomic E-state index is 11.2. The van der Waals surface area contributed by atoms with E-state index in [9.17, 15) is 24.8 Å². The third kappa shape index (κ3) is 3.07. The highest BCUT2D eigenvalue weighted by Gasteiger charge is 2.27. The van der Waals surface area contributed by atoms with Gasteiger partial charge >= 0.3 is 5.97 Å². The second-order valence-electron chi connectivity index (χ2n) is 4.79. The molecule has 0 aliphatic carbocycles. The Kier molecular flexibility index (Phi) is 4.01. The van der Waals surface area contributed by atoms with Crippen LogP contribution in [0.5, 0.6) is 0 Å². The Bertz CT molecular complexity index is 595. The van der Waals surface area contributed by atoms with E-state index < -0.39 is 10.9 Å². The van der Waals surface area contributed by atoms with E-state index in [-0.39, 0.29) is 28.9 Å². The smallest absolute Gasteiger partial charge is 0.339 e. The van der Waals surface area contributed by atoms with Gasteiger partial charge in [-0.25, -0.2) is 9.78 Å². The van der Waals surface area contributed by atoms with Crippen LogP contribution in [-0.2, 0) is 4.79 Å². The number of aromatic nitrogens is 1. The number of rotatable bonds is 4. The molecule has 1 fully saturated rings. The first-order valence-electron chi connectivity index (χ1n) is 6.32. The summed E-state index contributed by atoms with van der Waals surface area (Å²) in [7, 11) is 0. The first-order valence-corrected chi connectivity index (χ1v) is 6.32. The summed E-state index contributed by atoms with van der Waals surface area (Å²) >= 11 is 0. The zero-order chi connectivity index (χ0) is 15.6. The standard InChI is InChI=1S/C12H14N4O5/c13-10(17)7-1-3-15(4-2-7)11-9(12(18)19)5-8(6-14-11)16(20)21/h5-7H,1-4H2,(H2,13,17)(H,18,19). The van der Waals surface area contributed by atoms with Gasteiger partial charge in [0.05, 0.1) is 4.92 Å². The Morgan fingerprint density at radius 2 is 2.05 bits per heavy atom. The molecule has 0 spiro atoms. The highest BCUT2D eigenvalue weighted by atomic mass is 16.6. The summed E-state index contributed by atoms with van der Waals surface area (Å²) in [6.07, 6.45) is 2.04. The number of aromatic carboxylic acids is 1. The van der Waals surface area contributed by atoms with Crippen LogP contribution in [0, 0.1) is 16.0 Å². The first kappa shape index (κ1) is 14.7. The molecule has 3 N–H and O–H groups in total. The van der Waals surface area contributed by atoms with Crippen molar-refractivity contribution < 1.29 is 19.6 Å². The Hall–Kier alpha value is -2.71. The predicted octanol–water partition coefficient (Wildman–Crippen LogP) is 0.390. The molecule has 0 atom stereocenters. The minimum Gasteiger partial charge on any atom is -0.478 e. The molecule has 1 aromatic heterocycles. The van der Waals surface area contributed by atoms with Crippen molar-refractivity contribution in [1.82, 2.24) is 4.98 Å². The van der Waals surface area contributed by atoms with Crippen LogP contribution >= 0.6 is 0 Å². The van der Waals surface area contributed by atoms with Crippen molar-refractivity contribution in [2.75, 3.05) is 18.0 Å². The van der Waals surface area contributed by atoms with E-state index >= 15 is 0 Å². The molecule has 9 nitrogen and oxygen atoms in total. The molecule has 0 bridgehead atoms. The van der Waals surface area contributed by atoms with Crippen molar-refractivity contribution in [2.24, 2.45) is 11.7 Å². The van der Waals surface area contributed by atoms with Crippen molar-refractivity contribution in [3.63, 3.8) is 0 Å². The largest absolute Gasteiger partial charge is 0.478 e. The number of hydrogen-bond donors (Lipinski definition) is 2. The van der Waals surface area contributed by atoms with E-state index in [0.717, 1.165) is 12.3 Å². The molecule has 2 rings (SSSR count). The highest BCUT2D eigenvalue weighted by molar-refractivity contribution is 5.94. The summed E-state index contributed by atoms with van der Waals surface area (Å²) in [6.45, 7) is 0.859. The molecule has 0 radical (unpaired) electrons. The Morgan fingerprint density at radius 1 is 1.43 bits per heavy atom. The van der Waals surface area contributed by atoms with Crippen LogP contribution < -0.4 is 10.6 Å². The van der Waals surface area contributed by atoms with E-state index in [0.29, 0.717) is 25.9 Å². The number of anilines is 1. The summed E-state index contributed by atoms with van der Waals surface area (Å²) in [5.74, 6) is -1.70. The molecule has 21 heavy (non-hydrogen) atoms. The molecule has 0 aromatic carbocycles. The molecule has 1 aromatic rings. The molecule has 1 saturated heterocycles. The fraction of sp³-hybridized carbons (Fsp3) is 0.417. The number of carbonyl (C=O) groups excluding carboxylic acids is 1. The van der Waals surface area contributed by atoms with Crippen molar-refractivity contribution >= 4 is 23.4 Å². The molecule has 0 saturated carbocycles. The predicted molar refractivity (Wildman–Crippen MR) is 72.0 cm³/mol. The summed E-state index contributed by atoms with van der Waals surface area (Å²) in [5.41, 5.74) is 4.65. The molecule has 1 amide bonds. The van der Waals surface area contributed by atoms with Crippen LogP contribution in [0.1, 0.15) is 23.2 Å². The molecule has 0 unspecified atom stereocenters. The second kappa shape index (κ2) is 5.73. The highest BCUT2D eigenvalue weighted by Crippen LogP contribution is 2.27. The van der Waals surface area contributed by atoms with Gasteiger partial charge in [0.25, 0.3) is 5.69 Å². The number of carbonyl (C=O) groups is 2. The maximum Gasteiger partial charge on any atom is 0.339 e. The van der Waals surface area contributed by atoms with Gasteiger partial charge in [-0.15, -0.1) is 0 Å². The van der Waals surface area contributed by atoms with Crippen LogP contribution in [0.25, 0.3) is 0 Å². The first-order chi connectivity index (χ1) is 9.90. The van der Waals surface area contributed by atoms with E-state index in [1.165, 1.54) is 0 Å². The topological polar surface area (TPSA) is 140 Å². The Labute approximate surface area is 119 Å². The summed E-state index contributed by atoms with van der Waals surface area (Å²) in [4.78, 5) is 38.0. The van der Waals surface area contributed by atoms with Crippen LogP contribution in [0.4, 0.5) is 11.5 Å². The van der Waals surface area contributed by atoms with Crippen LogP contribution in [-0.4, -0.2) is 40.0 Å². The van der Waals surface area contributed by atoms with Gasteiger partial charge in [-0.2, -0.15) is 0 Å². The number of amides is 1. The maximum atomic E-state index is 11.2. The number of nitrogens with zero attached hydrogens (tertiary/aromatic N) is 3. The van der Waals surface area contributed by atoms with Crippen LogP contribution in [0.2, 0.25) is 0 Å². The minimum absolute atomic E-state index is 0.177. The van der Waals surface area contributed by atoms with Crippen LogP contribution in [0.15, 0.2) is 12.3 Å². The van der Waals surface area contributed by atoms with Gasteiger partial charge in [0, 0.05) is 25.1 Å². The zero-order valence-electron chi connectivity index (χ0n) is 11.1. The minimum atomic E-state index is -1.28. The number of nitro groups is 1. The second-order valence-corrected chi connectivity index (χ2v) is 4.79. The molecule has 1 aliphatic heterocycles. The van der Waals surface area contributed by atoms with Crippen molar-refractivity contribution in [1.29, 1.82) is 0 Å². The lowest BCUT2D eigenvalue weighted by Crippen LogP contribution is -2.39. The van der Waals surface area contributed by atoms with Crippen molar-refractivity contribution in [3.8, 4) is 0 Å². The van der Waals surface area contributed by atoms with Gasteiger partial charge in [0.1, 0.15) is 17.6 Å². The average molecular weight is 294 g/mol. The molecule has 2 heterocycles. The fourth-order valence-electron chi connectivity index (χ4n) is 2.33. The number of pyridine rings is 1. The van der Waals surface area contributed by atoms with E-state index in [4.69, 9.17) is 5.73 Å². The van der Waals surface area contributed by atoms with Crippen molar-refractivity contribution in [2.45, 2.75) is 12.8 Å². The summed E-state index contributed by atoms with van der Waals surface area (Å²) in [5, 5.41) is 19.9. The number of carboxylic acid groups (broad SMARTS) is 1. The van der Waals surface area contributed by atoms with Gasteiger partial charge < -0.3 is 15.7 Å². The van der Waals surface area contributed by atoms with Gasteiger partial charge in [-0.1, -0.05) is 0 Å². The quantitative estimate of drug-likeness (QED) is 0.604. The lowest BCUT2D eigenvalue weighted by Gasteiger charge is -2.32. The molecule has 112 valence electrons. The van der Waals surface area contributed by atoms with Gasteiger partial charge in [-0.05, 0) is 12.8 Å². The Balaban J connectivity index is 2.26. The van der Waals surface area contributed by atoms with Crippen molar-refractivity contribution in [3.05, 3.63) is 27.9 Å². The van der Waals surface area contributed by atoms with Gasteiger partial charge in [0.15, 0.2) is 0 Å². The molecule has 1 aliphatic rings. The monoisotopic (exact) mass is 294 g/mol. The van der Waals surface area contributed by atoms with Gasteiger partial charge in [-0.3, -0.25) is 14.9 Å². The zero-order valence-corrected chi connectivity index (χ0v) is 11.1. The SMILES string of the molecule is NC(=O)C1CCN(c2ncc([N+](=O)[O-])cc2C(=O)O)CC1. The third-order valence-corrected chi connectivity index (χ3v) is 3.49. The third-order valence-electron chi connectivity index (χ3n) is 3.49. The molecular weight excluding hydrogens is 280 g/mol. The Morgan fingerprint density at radius 3 is 2.52 bits per heavy atom. The normalized spacial score (nSPS) is 15.7. The number of piperidine rings is 1. The average Bonchev–Trinajstić information content (AvgIpc) is 2.46. The lowest BCUT2D eigenvalue weighted by molar-refractivity contribution is -0.385. The lowest BCUT2D eigenvalue weighted by atomic mass is 9.96. The fourth-order valence-corrected chi connectivity index (χ4v) is 2.33. The molecular formula is C12H14N4O5. The van der Waals surface area contributed by atoms with E-state index in [1.807, 2.05) is 0 Å². The van der Waals surface area contributed by atoms with E-state index in [2.05, 4.69) is 4.98 Å². The number of hydrogen-bond acceptors (Lipinski definition) is 6. The van der Waals surface area contributed by atoms with E-state index in [1.54, 1.807) is 4.90 Å². The number of carboxylic acids is 1. The number of primary amides is 1. The summed E-state index contributed by atoms with van der Waals surface area (Å²) in [6, 6.07) is 0.991. The molecule has 9 heteroatoms. The summed E-state index contributed by atoms with van der Waals surface area (Å²) < 4.78 is 0.